The van der Waals surface area contributed by atoms with Crippen LogP contribution in [0.3, 0.4) is 0 Å². The Kier molecular flexibility index (Phi) is 4.68. The minimum Gasteiger partial charge on any atom is -0.342 e. The fourth-order valence-electron chi connectivity index (χ4n) is 4.13. The van der Waals surface area contributed by atoms with Crippen LogP contribution in [0, 0.1) is 17.2 Å². The first-order chi connectivity index (χ1) is 13.1. The molecule has 2 aromatic carbocycles. The van der Waals surface area contributed by atoms with Gasteiger partial charge in [0.2, 0.25) is 11.8 Å². The zero-order chi connectivity index (χ0) is 18.9. The topological polar surface area (TPSA) is 49.4 Å². The number of amides is 2. The summed E-state index contributed by atoms with van der Waals surface area (Å²) in [5.41, 5.74) is 1.56. The Hall–Kier alpha value is -2.69. The monoisotopic (exact) mass is 366 g/mol. The highest BCUT2D eigenvalue weighted by molar-refractivity contribution is 5.95. The standard InChI is InChI=1S/C22H23FN2O2/c23-17-7-4-8-18(13-17)24-21(27)19-14-22(19)11-12-25(15-22)20(26)10-9-16-5-2-1-3-6-16/h1-8,13,19H,9-12,14-15H2,(H,24,27)/t19-,22+/m1/s1. The maximum Gasteiger partial charge on any atom is 0.228 e. The molecule has 0 bridgehead atoms. The van der Waals surface area contributed by atoms with Gasteiger partial charge >= 0.3 is 0 Å². The van der Waals surface area contributed by atoms with Crippen molar-refractivity contribution in [2.24, 2.45) is 11.3 Å². The maximum absolute atomic E-state index is 13.3. The lowest BCUT2D eigenvalue weighted by molar-refractivity contribution is -0.130. The van der Waals surface area contributed by atoms with E-state index in [2.05, 4.69) is 5.32 Å². The smallest absolute Gasteiger partial charge is 0.228 e. The summed E-state index contributed by atoms with van der Waals surface area (Å²) in [4.78, 5) is 26.9. The first kappa shape index (κ1) is 17.7. The second-order valence-electron chi connectivity index (χ2n) is 7.67. The number of rotatable bonds is 5. The van der Waals surface area contributed by atoms with Crippen molar-refractivity contribution in [2.45, 2.75) is 25.7 Å². The molecular formula is C22H23FN2O2. The van der Waals surface area contributed by atoms with E-state index in [1.165, 1.54) is 17.7 Å². The van der Waals surface area contributed by atoms with Crippen molar-refractivity contribution in [2.75, 3.05) is 18.4 Å². The van der Waals surface area contributed by atoms with Crippen molar-refractivity contribution in [3.05, 3.63) is 66.0 Å². The molecule has 4 nitrogen and oxygen atoms in total. The predicted octanol–water partition coefficient (Wildman–Crippen LogP) is 3.64. The van der Waals surface area contributed by atoms with Gasteiger partial charge in [0.1, 0.15) is 5.82 Å². The van der Waals surface area contributed by atoms with Crippen molar-refractivity contribution < 1.29 is 14.0 Å². The predicted molar refractivity (Wildman–Crippen MR) is 102 cm³/mol. The Morgan fingerprint density at radius 3 is 2.74 bits per heavy atom. The van der Waals surface area contributed by atoms with Crippen molar-refractivity contribution >= 4 is 17.5 Å². The Labute approximate surface area is 158 Å². The Balaban J connectivity index is 1.29. The van der Waals surface area contributed by atoms with E-state index in [0.717, 1.165) is 25.8 Å². The normalized spacial score (nSPS) is 23.4. The third kappa shape index (κ3) is 3.87. The molecule has 0 aromatic heterocycles. The van der Waals surface area contributed by atoms with Crippen LogP contribution >= 0.6 is 0 Å². The van der Waals surface area contributed by atoms with Gasteiger partial charge in [-0.05, 0) is 43.0 Å². The van der Waals surface area contributed by atoms with E-state index in [1.54, 1.807) is 12.1 Å². The Bertz CT molecular complexity index is 854. The van der Waals surface area contributed by atoms with E-state index in [-0.39, 0.29) is 29.0 Å². The number of hydrogen-bond acceptors (Lipinski definition) is 2. The number of carbonyl (C=O) groups is 2. The lowest BCUT2D eigenvalue weighted by Crippen LogP contribution is -2.30. The summed E-state index contributed by atoms with van der Waals surface area (Å²) in [6.45, 7) is 1.37. The third-order valence-corrected chi connectivity index (χ3v) is 5.81. The molecule has 1 saturated carbocycles. The molecule has 2 fully saturated rings. The zero-order valence-corrected chi connectivity index (χ0v) is 15.2. The molecule has 1 aliphatic carbocycles. The molecule has 1 aliphatic heterocycles. The summed E-state index contributed by atoms with van der Waals surface area (Å²) < 4.78 is 13.3. The lowest BCUT2D eigenvalue weighted by atomic mass is 10.0. The summed E-state index contributed by atoms with van der Waals surface area (Å²) in [7, 11) is 0. The Morgan fingerprint density at radius 1 is 1.15 bits per heavy atom. The molecule has 4 rings (SSSR count). The molecule has 5 heteroatoms. The molecule has 2 aliphatic rings. The number of hydrogen-bond donors (Lipinski definition) is 1. The number of nitrogens with one attached hydrogen (secondary N) is 1. The van der Waals surface area contributed by atoms with Gasteiger partial charge in [-0.3, -0.25) is 9.59 Å². The zero-order valence-electron chi connectivity index (χ0n) is 15.2. The van der Waals surface area contributed by atoms with Crippen LogP contribution in [-0.4, -0.2) is 29.8 Å². The Morgan fingerprint density at radius 2 is 1.96 bits per heavy atom. The fraction of sp³-hybridized carbons (Fsp3) is 0.364. The molecule has 0 radical (unpaired) electrons. The van der Waals surface area contributed by atoms with Crippen LogP contribution in [0.2, 0.25) is 0 Å². The minimum atomic E-state index is -0.366. The number of anilines is 1. The van der Waals surface area contributed by atoms with E-state index < -0.39 is 0 Å². The van der Waals surface area contributed by atoms with E-state index in [1.807, 2.05) is 35.2 Å². The van der Waals surface area contributed by atoms with Crippen LogP contribution in [0.5, 0.6) is 0 Å². The number of aryl methyl sites for hydroxylation is 1. The third-order valence-electron chi connectivity index (χ3n) is 5.81. The minimum absolute atomic E-state index is 0.0702. The van der Waals surface area contributed by atoms with Crippen molar-refractivity contribution in [3.63, 3.8) is 0 Å². The molecule has 2 atom stereocenters. The molecule has 2 amide bonds. The van der Waals surface area contributed by atoms with Crippen molar-refractivity contribution in [3.8, 4) is 0 Å². The van der Waals surface area contributed by atoms with Crippen LogP contribution in [0.25, 0.3) is 0 Å². The average molecular weight is 366 g/mol. The van der Waals surface area contributed by atoms with Crippen LogP contribution in [0.1, 0.15) is 24.8 Å². The molecule has 1 spiro atoms. The average Bonchev–Trinajstić information content (AvgIpc) is 3.21. The first-order valence-electron chi connectivity index (χ1n) is 9.44. The van der Waals surface area contributed by atoms with Crippen LogP contribution in [0.15, 0.2) is 54.6 Å². The highest BCUT2D eigenvalue weighted by Gasteiger charge is 2.61. The number of halogens is 1. The van der Waals surface area contributed by atoms with Gasteiger partial charge in [0.15, 0.2) is 0 Å². The summed E-state index contributed by atoms with van der Waals surface area (Å²) in [5.74, 6) is -0.367. The van der Waals surface area contributed by atoms with Crippen molar-refractivity contribution in [1.29, 1.82) is 0 Å². The number of benzene rings is 2. The van der Waals surface area contributed by atoms with Crippen LogP contribution < -0.4 is 5.32 Å². The molecule has 1 N–H and O–H groups in total. The molecule has 1 saturated heterocycles. The fourth-order valence-corrected chi connectivity index (χ4v) is 4.13. The number of nitrogens with zero attached hydrogens (tertiary/aromatic N) is 1. The SMILES string of the molecule is O=C(Nc1cccc(F)c1)[C@H]1C[C@]12CCN(C(=O)CCc1ccccc1)C2. The van der Waals surface area contributed by atoms with Crippen molar-refractivity contribution in [1.82, 2.24) is 4.90 Å². The largest absolute Gasteiger partial charge is 0.342 e. The van der Waals surface area contributed by atoms with Gasteiger partial charge in [0.25, 0.3) is 0 Å². The number of likely N-dealkylation sites (tertiary alicyclic amines) is 1. The molecule has 1 heterocycles. The second kappa shape index (κ2) is 7.14. The van der Waals surface area contributed by atoms with E-state index >= 15 is 0 Å². The summed E-state index contributed by atoms with van der Waals surface area (Å²) in [6, 6.07) is 15.9. The summed E-state index contributed by atoms with van der Waals surface area (Å²) in [5, 5.41) is 2.80. The van der Waals surface area contributed by atoms with Gasteiger partial charge in [0.05, 0.1) is 0 Å². The van der Waals surface area contributed by atoms with Gasteiger partial charge in [-0.15, -0.1) is 0 Å². The lowest BCUT2D eigenvalue weighted by Gasteiger charge is -2.17. The first-order valence-corrected chi connectivity index (χ1v) is 9.44. The van der Waals surface area contributed by atoms with Gasteiger partial charge in [0, 0.05) is 36.5 Å². The number of carbonyl (C=O) groups excluding carboxylic acids is 2. The van der Waals surface area contributed by atoms with Crippen LogP contribution in [-0.2, 0) is 16.0 Å². The molecule has 140 valence electrons. The summed E-state index contributed by atoms with van der Waals surface area (Å²) in [6.07, 6.45) is 2.91. The highest BCUT2D eigenvalue weighted by atomic mass is 19.1. The molecule has 2 aromatic rings. The van der Waals surface area contributed by atoms with E-state index in [0.29, 0.717) is 18.7 Å². The van der Waals surface area contributed by atoms with E-state index in [4.69, 9.17) is 0 Å². The molecular weight excluding hydrogens is 343 g/mol. The maximum atomic E-state index is 13.3. The molecule has 0 unspecified atom stereocenters. The van der Waals surface area contributed by atoms with Gasteiger partial charge in [-0.1, -0.05) is 36.4 Å². The van der Waals surface area contributed by atoms with Gasteiger partial charge in [-0.25, -0.2) is 4.39 Å². The quantitative estimate of drug-likeness (QED) is 0.878. The molecule has 27 heavy (non-hydrogen) atoms. The van der Waals surface area contributed by atoms with Gasteiger partial charge < -0.3 is 10.2 Å². The summed E-state index contributed by atoms with van der Waals surface area (Å²) >= 11 is 0. The second-order valence-corrected chi connectivity index (χ2v) is 7.67. The van der Waals surface area contributed by atoms with Crippen LogP contribution in [0.4, 0.5) is 10.1 Å². The van der Waals surface area contributed by atoms with E-state index in [9.17, 15) is 14.0 Å². The highest BCUT2D eigenvalue weighted by Crippen LogP contribution is 2.58. The van der Waals surface area contributed by atoms with Gasteiger partial charge in [-0.2, -0.15) is 0 Å².